The molecule has 10 heteroatoms. The Morgan fingerprint density at radius 2 is 1.19 bits per heavy atom. The molecule has 2 amide bonds. The van der Waals surface area contributed by atoms with Gasteiger partial charge in [-0.15, -0.1) is 0 Å². The quantitative estimate of drug-likeness (QED) is 0.307. The molecule has 2 aromatic rings. The van der Waals surface area contributed by atoms with Gasteiger partial charge in [0.15, 0.2) is 0 Å². The summed E-state index contributed by atoms with van der Waals surface area (Å²) in [6, 6.07) is 6.44. The molecule has 0 aliphatic carbocycles. The van der Waals surface area contributed by atoms with Gasteiger partial charge in [-0.25, -0.2) is 4.79 Å². The van der Waals surface area contributed by atoms with E-state index in [1.165, 1.54) is 6.92 Å². The zero-order valence-corrected chi connectivity index (χ0v) is 19.3. The average molecular weight is 614 g/mol. The number of anilines is 2. The molecule has 3 N–H and O–H groups in total. The van der Waals surface area contributed by atoms with Crippen molar-refractivity contribution in [3.63, 3.8) is 0 Å². The van der Waals surface area contributed by atoms with Crippen LogP contribution in [0.2, 0.25) is 0 Å². The minimum absolute atomic E-state index is 0.0367. The van der Waals surface area contributed by atoms with Crippen LogP contribution in [0.3, 0.4) is 0 Å². The Morgan fingerprint density at radius 1 is 0.769 bits per heavy atom. The summed E-state index contributed by atoms with van der Waals surface area (Å²) in [5.41, 5.74) is 0.809. The topological polar surface area (TPSA) is 95.5 Å². The van der Waals surface area contributed by atoms with E-state index in [1.807, 2.05) is 0 Å². The lowest BCUT2D eigenvalue weighted by molar-refractivity contribution is -0.114. The number of hydrogen-bond acceptors (Lipinski definition) is 3. The highest BCUT2D eigenvalue weighted by Gasteiger charge is 2.27. The molecule has 0 bridgehead atoms. The van der Waals surface area contributed by atoms with Crippen LogP contribution in [0.5, 0.6) is 0 Å². The fourth-order valence-corrected chi connectivity index (χ4v) is 4.55. The Kier molecular flexibility index (Phi) is 7.00. The number of carbonyl (C=O) groups is 3. The van der Waals surface area contributed by atoms with Gasteiger partial charge in [0.2, 0.25) is 5.91 Å². The monoisotopic (exact) mass is 610 g/mol. The molecule has 0 heterocycles. The van der Waals surface area contributed by atoms with Crippen molar-refractivity contribution < 1.29 is 19.5 Å². The predicted octanol–water partition coefficient (Wildman–Crippen LogP) is 5.65. The normalized spacial score (nSPS) is 10.3. The van der Waals surface area contributed by atoms with Crippen molar-refractivity contribution in [2.45, 2.75) is 6.92 Å². The second-order valence-electron chi connectivity index (χ2n) is 5.02. The number of hydrogen-bond donors (Lipinski definition) is 3. The molecule has 0 fully saturated rings. The minimum atomic E-state index is -1.25. The molecular formula is C16H10Br4N2O4. The standard InChI is InChI=1S/C16H10Br4N2O4/c1-6(23)21-7-2-4-8(5-3-7)22-15(24)9-10(16(25)26)12(18)14(20)13(19)11(9)17/h2-5H,1H3,(H,21,23)(H,22,24)(H,25,26). The Morgan fingerprint density at radius 3 is 1.62 bits per heavy atom. The lowest BCUT2D eigenvalue weighted by atomic mass is 10.1. The highest BCUT2D eigenvalue weighted by Crippen LogP contribution is 2.42. The summed E-state index contributed by atoms with van der Waals surface area (Å²) < 4.78 is 1.52. The Labute approximate surface area is 182 Å². The van der Waals surface area contributed by atoms with Crippen molar-refractivity contribution in [3.8, 4) is 0 Å². The molecule has 2 rings (SSSR count). The number of halogens is 4. The van der Waals surface area contributed by atoms with E-state index in [0.717, 1.165) is 0 Å². The SMILES string of the molecule is CC(=O)Nc1ccc(NC(=O)c2c(Br)c(Br)c(Br)c(Br)c2C(=O)O)cc1. The highest BCUT2D eigenvalue weighted by molar-refractivity contribution is 9.15. The number of amides is 2. The Bertz CT molecular complexity index is 914. The van der Waals surface area contributed by atoms with Crippen LogP contribution < -0.4 is 10.6 Å². The number of nitrogens with one attached hydrogen (secondary N) is 2. The molecule has 0 spiro atoms. The lowest BCUT2D eigenvalue weighted by Crippen LogP contribution is -2.18. The van der Waals surface area contributed by atoms with Gasteiger partial charge in [-0.05, 0) is 88.0 Å². The van der Waals surface area contributed by atoms with Gasteiger partial charge in [-0.2, -0.15) is 0 Å². The van der Waals surface area contributed by atoms with E-state index in [-0.39, 0.29) is 21.5 Å². The smallest absolute Gasteiger partial charge is 0.337 e. The number of carbonyl (C=O) groups excluding carboxylic acids is 2. The molecule has 0 aliphatic heterocycles. The van der Waals surface area contributed by atoms with Crippen molar-refractivity contribution in [2.75, 3.05) is 10.6 Å². The van der Waals surface area contributed by atoms with Gasteiger partial charge < -0.3 is 15.7 Å². The number of aromatic carboxylic acids is 1. The summed E-state index contributed by atoms with van der Waals surface area (Å²) in [6.07, 6.45) is 0. The van der Waals surface area contributed by atoms with Gasteiger partial charge >= 0.3 is 5.97 Å². The molecule has 0 saturated heterocycles. The van der Waals surface area contributed by atoms with E-state index < -0.39 is 11.9 Å². The molecular weight excluding hydrogens is 604 g/mol. The molecule has 0 radical (unpaired) electrons. The van der Waals surface area contributed by atoms with Crippen LogP contribution in [0.4, 0.5) is 11.4 Å². The summed E-state index contributed by atoms with van der Waals surface area (Å²) in [7, 11) is 0. The molecule has 26 heavy (non-hydrogen) atoms. The summed E-state index contributed by atoms with van der Waals surface area (Å²) >= 11 is 13.1. The molecule has 2 aromatic carbocycles. The number of rotatable bonds is 4. The minimum Gasteiger partial charge on any atom is -0.478 e. The van der Waals surface area contributed by atoms with E-state index in [9.17, 15) is 19.5 Å². The number of carboxylic acids is 1. The number of benzene rings is 2. The van der Waals surface area contributed by atoms with Crippen LogP contribution in [0.15, 0.2) is 42.2 Å². The summed E-state index contributed by atoms with van der Waals surface area (Å²) in [4.78, 5) is 35.4. The molecule has 0 aromatic heterocycles. The van der Waals surface area contributed by atoms with Gasteiger partial charge in [0.05, 0.1) is 11.1 Å². The van der Waals surface area contributed by atoms with Crippen molar-refractivity contribution in [2.24, 2.45) is 0 Å². The second-order valence-corrected chi connectivity index (χ2v) is 8.20. The largest absolute Gasteiger partial charge is 0.478 e. The summed E-state index contributed by atoms with van der Waals surface area (Å²) in [5.74, 6) is -2.06. The van der Waals surface area contributed by atoms with Gasteiger partial charge in [-0.3, -0.25) is 9.59 Å². The molecule has 0 saturated carbocycles. The van der Waals surface area contributed by atoms with Crippen molar-refractivity contribution >= 4 is 92.9 Å². The molecule has 0 unspecified atom stereocenters. The van der Waals surface area contributed by atoms with Crippen molar-refractivity contribution in [1.82, 2.24) is 0 Å². The van der Waals surface area contributed by atoms with E-state index >= 15 is 0 Å². The summed E-state index contributed by atoms with van der Waals surface area (Å²) in [5, 5.41) is 14.8. The molecule has 6 nitrogen and oxygen atoms in total. The van der Waals surface area contributed by atoms with Crippen molar-refractivity contribution in [1.29, 1.82) is 0 Å². The molecule has 0 aliphatic rings. The van der Waals surface area contributed by atoms with Crippen molar-refractivity contribution in [3.05, 3.63) is 53.3 Å². The van der Waals surface area contributed by atoms with E-state index in [4.69, 9.17) is 0 Å². The first-order chi connectivity index (χ1) is 12.1. The second kappa shape index (κ2) is 8.64. The third-order valence-corrected chi connectivity index (χ3v) is 7.94. The van der Waals surface area contributed by atoms with Gasteiger partial charge in [-0.1, -0.05) is 0 Å². The first kappa shape index (κ1) is 21.1. The first-order valence-corrected chi connectivity index (χ1v) is 10.1. The van der Waals surface area contributed by atoms with E-state index in [2.05, 4.69) is 74.4 Å². The third kappa shape index (κ3) is 4.54. The fraction of sp³-hybridized carbons (Fsp3) is 0.0625. The van der Waals surface area contributed by atoms with Crippen LogP contribution in [0.1, 0.15) is 27.6 Å². The van der Waals surface area contributed by atoms with Gasteiger partial charge in [0.1, 0.15) is 0 Å². The lowest BCUT2D eigenvalue weighted by Gasteiger charge is -2.15. The van der Waals surface area contributed by atoms with Crippen LogP contribution in [-0.2, 0) is 4.79 Å². The number of carboxylic acid groups (broad SMARTS) is 1. The molecule has 0 atom stereocenters. The van der Waals surface area contributed by atoms with Gasteiger partial charge in [0.25, 0.3) is 5.91 Å². The maximum atomic E-state index is 12.7. The third-order valence-electron chi connectivity index (χ3n) is 3.17. The fourth-order valence-electron chi connectivity index (χ4n) is 2.08. The van der Waals surface area contributed by atoms with Crippen LogP contribution >= 0.6 is 63.7 Å². The summed E-state index contributed by atoms with van der Waals surface area (Å²) in [6.45, 7) is 1.39. The van der Waals surface area contributed by atoms with Crippen LogP contribution in [0.25, 0.3) is 0 Å². The zero-order valence-electron chi connectivity index (χ0n) is 13.0. The van der Waals surface area contributed by atoms with Crippen LogP contribution in [0, 0.1) is 0 Å². The maximum absolute atomic E-state index is 12.7. The maximum Gasteiger partial charge on any atom is 0.337 e. The molecule has 136 valence electrons. The first-order valence-electron chi connectivity index (χ1n) is 6.91. The van der Waals surface area contributed by atoms with E-state index in [0.29, 0.717) is 24.8 Å². The predicted molar refractivity (Wildman–Crippen MR) is 113 cm³/mol. The zero-order chi connectivity index (χ0) is 19.6. The van der Waals surface area contributed by atoms with Crippen LogP contribution in [-0.4, -0.2) is 22.9 Å². The van der Waals surface area contributed by atoms with Gasteiger partial charge in [0, 0.05) is 36.2 Å². The highest BCUT2D eigenvalue weighted by atomic mass is 79.9. The Hall–Kier alpha value is -1.23. The Balaban J connectivity index is 2.41. The van der Waals surface area contributed by atoms with E-state index in [1.54, 1.807) is 24.3 Å². The average Bonchev–Trinajstić information content (AvgIpc) is 2.56.